The predicted molar refractivity (Wildman–Crippen MR) is 118 cm³/mol. The summed E-state index contributed by atoms with van der Waals surface area (Å²) in [4.78, 5) is 28.6. The SMILES string of the molecule is CCN(CCN1C(=O)CS[C@@H]1c1ccc(C(C)(C)C)cc1)C(=O)NC(C)(C)C. The van der Waals surface area contributed by atoms with Gasteiger partial charge in [-0.05, 0) is 44.2 Å². The summed E-state index contributed by atoms with van der Waals surface area (Å²) in [5.74, 6) is 0.633. The molecule has 1 aromatic carbocycles. The number of amides is 3. The maximum atomic E-state index is 12.5. The maximum absolute atomic E-state index is 12.5. The highest BCUT2D eigenvalue weighted by Crippen LogP contribution is 2.39. The largest absolute Gasteiger partial charge is 0.333 e. The number of carbonyl (C=O) groups excluding carboxylic acids is 2. The summed E-state index contributed by atoms with van der Waals surface area (Å²) in [6.45, 7) is 16.2. The lowest BCUT2D eigenvalue weighted by Gasteiger charge is -2.31. The highest BCUT2D eigenvalue weighted by atomic mass is 32.2. The zero-order valence-electron chi connectivity index (χ0n) is 18.3. The van der Waals surface area contributed by atoms with Gasteiger partial charge in [0.2, 0.25) is 5.91 Å². The molecule has 0 saturated carbocycles. The molecule has 6 heteroatoms. The molecule has 1 aliphatic rings. The Kier molecular flexibility index (Phi) is 7.07. The molecule has 0 bridgehead atoms. The molecule has 1 fully saturated rings. The summed E-state index contributed by atoms with van der Waals surface area (Å²) in [5.41, 5.74) is 2.26. The molecule has 28 heavy (non-hydrogen) atoms. The third-order valence-corrected chi connectivity index (χ3v) is 6.05. The number of carbonyl (C=O) groups is 2. The fraction of sp³-hybridized carbons (Fsp3) is 0.636. The van der Waals surface area contributed by atoms with Crippen molar-refractivity contribution in [3.8, 4) is 0 Å². The van der Waals surface area contributed by atoms with Crippen molar-refractivity contribution in [3.05, 3.63) is 35.4 Å². The van der Waals surface area contributed by atoms with Gasteiger partial charge in [0.1, 0.15) is 5.37 Å². The van der Waals surface area contributed by atoms with Crippen molar-refractivity contribution in [3.63, 3.8) is 0 Å². The highest BCUT2D eigenvalue weighted by molar-refractivity contribution is 8.00. The van der Waals surface area contributed by atoms with Gasteiger partial charge in [-0.2, -0.15) is 0 Å². The molecular weight excluding hydrogens is 370 g/mol. The molecule has 1 aromatic rings. The molecule has 0 radical (unpaired) electrons. The van der Waals surface area contributed by atoms with E-state index >= 15 is 0 Å². The third-order valence-electron chi connectivity index (χ3n) is 4.79. The summed E-state index contributed by atoms with van der Waals surface area (Å²) in [6, 6.07) is 8.50. The van der Waals surface area contributed by atoms with Gasteiger partial charge >= 0.3 is 6.03 Å². The minimum Gasteiger partial charge on any atom is -0.333 e. The number of rotatable bonds is 5. The molecule has 0 spiro atoms. The van der Waals surface area contributed by atoms with Crippen molar-refractivity contribution in [1.82, 2.24) is 15.1 Å². The summed E-state index contributed by atoms with van der Waals surface area (Å²) < 4.78 is 0. The summed E-state index contributed by atoms with van der Waals surface area (Å²) in [7, 11) is 0. The molecule has 1 heterocycles. The van der Waals surface area contributed by atoms with E-state index in [1.165, 1.54) is 5.56 Å². The standard InChI is InChI=1S/C22H35N3O2S/c1-8-24(20(27)23-22(5,6)7)13-14-25-18(26)15-28-19(25)16-9-11-17(12-10-16)21(2,3)4/h9-12,19H,8,13-15H2,1-7H3,(H,23,27)/t19-/m1/s1. The number of benzene rings is 1. The van der Waals surface area contributed by atoms with E-state index in [1.807, 2.05) is 32.6 Å². The number of likely N-dealkylation sites (N-methyl/N-ethyl adjacent to an activating group) is 1. The Morgan fingerprint density at radius 1 is 1.18 bits per heavy atom. The molecule has 0 aromatic heterocycles. The molecule has 156 valence electrons. The molecule has 5 nitrogen and oxygen atoms in total. The van der Waals surface area contributed by atoms with Crippen LogP contribution in [0.5, 0.6) is 0 Å². The van der Waals surface area contributed by atoms with Crippen LogP contribution in [0.15, 0.2) is 24.3 Å². The Labute approximate surface area is 174 Å². The van der Waals surface area contributed by atoms with Gasteiger partial charge in [0.25, 0.3) is 0 Å². The smallest absolute Gasteiger partial charge is 0.317 e. The first kappa shape index (κ1) is 22.6. The first-order valence-electron chi connectivity index (χ1n) is 10.0. The van der Waals surface area contributed by atoms with Crippen LogP contribution in [0.2, 0.25) is 0 Å². The number of nitrogens with one attached hydrogen (secondary N) is 1. The Morgan fingerprint density at radius 3 is 2.29 bits per heavy atom. The first-order chi connectivity index (χ1) is 12.9. The van der Waals surface area contributed by atoms with E-state index in [2.05, 4.69) is 50.4 Å². The third kappa shape index (κ3) is 5.90. The summed E-state index contributed by atoms with van der Waals surface area (Å²) in [5, 5.41) is 3.02. The molecule has 2 rings (SSSR count). The second-order valence-electron chi connectivity index (χ2n) is 9.38. The van der Waals surface area contributed by atoms with Gasteiger partial charge in [-0.25, -0.2) is 4.79 Å². The fourth-order valence-electron chi connectivity index (χ4n) is 3.15. The lowest BCUT2D eigenvalue weighted by Crippen LogP contribution is -2.50. The van der Waals surface area contributed by atoms with E-state index in [4.69, 9.17) is 0 Å². The van der Waals surface area contributed by atoms with Crippen LogP contribution in [0.1, 0.15) is 65.0 Å². The van der Waals surface area contributed by atoms with E-state index in [-0.39, 0.29) is 28.3 Å². The molecular formula is C22H35N3O2S. The number of nitrogens with zero attached hydrogens (tertiary/aromatic N) is 2. The average molecular weight is 406 g/mol. The fourth-order valence-corrected chi connectivity index (χ4v) is 4.37. The maximum Gasteiger partial charge on any atom is 0.317 e. The van der Waals surface area contributed by atoms with Gasteiger partial charge in [-0.15, -0.1) is 11.8 Å². The van der Waals surface area contributed by atoms with Crippen molar-refractivity contribution < 1.29 is 9.59 Å². The second kappa shape index (κ2) is 8.76. The molecule has 1 N–H and O–H groups in total. The monoisotopic (exact) mass is 405 g/mol. The van der Waals surface area contributed by atoms with Gasteiger partial charge in [0.05, 0.1) is 5.75 Å². The molecule has 0 unspecified atom stereocenters. The summed E-state index contributed by atoms with van der Waals surface area (Å²) in [6.07, 6.45) is 0. The first-order valence-corrected chi connectivity index (χ1v) is 11.1. The van der Waals surface area contributed by atoms with Crippen LogP contribution < -0.4 is 5.32 Å². The van der Waals surface area contributed by atoms with Crippen molar-refractivity contribution in [2.45, 2.75) is 64.8 Å². The molecule has 1 atom stereocenters. The van der Waals surface area contributed by atoms with E-state index in [9.17, 15) is 9.59 Å². The van der Waals surface area contributed by atoms with Crippen LogP contribution in [0.25, 0.3) is 0 Å². The number of thioether (sulfide) groups is 1. The topological polar surface area (TPSA) is 52.7 Å². The van der Waals surface area contributed by atoms with Crippen molar-refractivity contribution in [2.75, 3.05) is 25.4 Å². The average Bonchev–Trinajstić information content (AvgIpc) is 2.94. The lowest BCUT2D eigenvalue weighted by atomic mass is 9.87. The molecule has 1 saturated heterocycles. The van der Waals surface area contributed by atoms with Crippen molar-refractivity contribution in [1.29, 1.82) is 0 Å². The number of hydrogen-bond donors (Lipinski definition) is 1. The van der Waals surface area contributed by atoms with Crippen molar-refractivity contribution in [2.24, 2.45) is 0 Å². The van der Waals surface area contributed by atoms with Gasteiger partial charge < -0.3 is 15.1 Å². The Bertz CT molecular complexity index is 689. The lowest BCUT2D eigenvalue weighted by molar-refractivity contribution is -0.128. The zero-order chi connectivity index (χ0) is 21.1. The molecule has 1 aliphatic heterocycles. The Balaban J connectivity index is 2.06. The Morgan fingerprint density at radius 2 is 1.79 bits per heavy atom. The van der Waals surface area contributed by atoms with Crippen LogP contribution in [-0.2, 0) is 10.2 Å². The number of urea groups is 1. The van der Waals surface area contributed by atoms with Crippen LogP contribution in [-0.4, -0.2) is 52.7 Å². The van der Waals surface area contributed by atoms with E-state index in [0.29, 0.717) is 25.4 Å². The number of hydrogen-bond acceptors (Lipinski definition) is 3. The van der Waals surface area contributed by atoms with Gasteiger partial charge in [-0.3, -0.25) is 4.79 Å². The zero-order valence-corrected chi connectivity index (χ0v) is 19.2. The second-order valence-corrected chi connectivity index (χ2v) is 10.5. The van der Waals surface area contributed by atoms with Crippen LogP contribution in [0.4, 0.5) is 4.79 Å². The van der Waals surface area contributed by atoms with Crippen LogP contribution >= 0.6 is 11.8 Å². The highest BCUT2D eigenvalue weighted by Gasteiger charge is 2.33. The normalized spacial score (nSPS) is 17.8. The van der Waals surface area contributed by atoms with E-state index < -0.39 is 0 Å². The van der Waals surface area contributed by atoms with Gasteiger partial charge in [0, 0.05) is 25.2 Å². The Hall–Kier alpha value is -1.69. The molecule has 0 aliphatic carbocycles. The van der Waals surface area contributed by atoms with Gasteiger partial charge in [-0.1, -0.05) is 45.0 Å². The minimum atomic E-state index is -0.277. The van der Waals surface area contributed by atoms with E-state index in [0.717, 1.165) is 5.56 Å². The summed E-state index contributed by atoms with van der Waals surface area (Å²) >= 11 is 1.66. The minimum absolute atomic E-state index is 0.0194. The van der Waals surface area contributed by atoms with Crippen molar-refractivity contribution >= 4 is 23.7 Å². The van der Waals surface area contributed by atoms with E-state index in [1.54, 1.807) is 16.7 Å². The van der Waals surface area contributed by atoms with Crippen LogP contribution in [0, 0.1) is 0 Å². The van der Waals surface area contributed by atoms with Gasteiger partial charge in [0.15, 0.2) is 0 Å². The predicted octanol–water partition coefficient (Wildman–Crippen LogP) is 4.39. The quantitative estimate of drug-likeness (QED) is 0.790. The molecule has 3 amide bonds. The van der Waals surface area contributed by atoms with Crippen LogP contribution in [0.3, 0.4) is 0 Å².